The zero-order valence-corrected chi connectivity index (χ0v) is 12.0. The van der Waals surface area contributed by atoms with Gasteiger partial charge >= 0.3 is 0 Å². The number of piperazine rings is 1. The summed E-state index contributed by atoms with van der Waals surface area (Å²) >= 11 is 5.90. The second kappa shape index (κ2) is 5.93. The monoisotopic (exact) mass is 295 g/mol. The molecule has 2 aliphatic rings. The molecule has 0 radical (unpaired) electrons. The molecule has 0 aromatic carbocycles. The van der Waals surface area contributed by atoms with Crippen molar-refractivity contribution in [2.24, 2.45) is 0 Å². The molecule has 1 atom stereocenters. The van der Waals surface area contributed by atoms with Crippen LogP contribution in [0, 0.1) is 0 Å². The summed E-state index contributed by atoms with van der Waals surface area (Å²) in [6.45, 7) is 4.14. The zero-order chi connectivity index (χ0) is 13.9. The van der Waals surface area contributed by atoms with E-state index in [0.717, 1.165) is 45.6 Å². The van der Waals surface area contributed by atoms with Crippen LogP contribution >= 0.6 is 11.6 Å². The number of hydrogen-bond acceptors (Lipinski definition) is 5. The SMILES string of the molecule is O=C(C1CCCN1c1cncc(Cl)n1)N1CCNCC1. The fourth-order valence-corrected chi connectivity index (χ4v) is 3.01. The van der Waals surface area contributed by atoms with Crippen LogP contribution in [0.15, 0.2) is 12.4 Å². The van der Waals surface area contributed by atoms with Crippen LogP contribution in [0.4, 0.5) is 5.82 Å². The summed E-state index contributed by atoms with van der Waals surface area (Å²) in [5.74, 6) is 0.897. The second-order valence-corrected chi connectivity index (χ2v) is 5.51. The van der Waals surface area contributed by atoms with Gasteiger partial charge in [0.2, 0.25) is 5.91 Å². The number of carbonyl (C=O) groups is 1. The molecule has 0 saturated carbocycles. The van der Waals surface area contributed by atoms with Gasteiger partial charge in [-0.1, -0.05) is 11.6 Å². The highest BCUT2D eigenvalue weighted by Crippen LogP contribution is 2.25. The van der Waals surface area contributed by atoms with Crippen LogP contribution < -0.4 is 10.2 Å². The molecule has 1 amide bonds. The van der Waals surface area contributed by atoms with Crippen molar-refractivity contribution in [2.75, 3.05) is 37.6 Å². The maximum Gasteiger partial charge on any atom is 0.245 e. The molecule has 6 nitrogen and oxygen atoms in total. The Morgan fingerprint density at radius 1 is 1.30 bits per heavy atom. The van der Waals surface area contributed by atoms with E-state index in [1.165, 1.54) is 6.20 Å². The number of nitrogens with zero attached hydrogens (tertiary/aromatic N) is 4. The lowest BCUT2D eigenvalue weighted by Gasteiger charge is -2.33. The molecular formula is C13H18ClN5O. The number of aromatic nitrogens is 2. The maximum atomic E-state index is 12.6. The molecule has 1 aromatic heterocycles. The Balaban J connectivity index is 1.76. The highest BCUT2D eigenvalue weighted by molar-refractivity contribution is 6.29. The van der Waals surface area contributed by atoms with Gasteiger partial charge in [-0.25, -0.2) is 4.98 Å². The van der Waals surface area contributed by atoms with Crippen LogP contribution in [0.3, 0.4) is 0 Å². The topological polar surface area (TPSA) is 61.4 Å². The molecule has 0 spiro atoms. The third kappa shape index (κ3) is 2.71. The lowest BCUT2D eigenvalue weighted by Crippen LogP contribution is -2.52. The van der Waals surface area contributed by atoms with Crippen LogP contribution in [0.2, 0.25) is 5.15 Å². The highest BCUT2D eigenvalue weighted by atomic mass is 35.5. The van der Waals surface area contributed by atoms with Crippen molar-refractivity contribution >= 4 is 23.3 Å². The van der Waals surface area contributed by atoms with Gasteiger partial charge in [0.15, 0.2) is 0 Å². The highest BCUT2D eigenvalue weighted by Gasteiger charge is 2.35. The van der Waals surface area contributed by atoms with Crippen LogP contribution in [0.1, 0.15) is 12.8 Å². The molecule has 1 aromatic rings. The van der Waals surface area contributed by atoms with Gasteiger partial charge in [-0.2, -0.15) is 0 Å². The molecule has 1 N–H and O–H groups in total. The number of anilines is 1. The number of carbonyl (C=O) groups excluding carboxylic acids is 1. The summed E-state index contributed by atoms with van der Waals surface area (Å²) in [6.07, 6.45) is 5.05. The molecule has 2 aliphatic heterocycles. The molecule has 0 aliphatic carbocycles. The van der Waals surface area contributed by atoms with Crippen LogP contribution in [0.25, 0.3) is 0 Å². The van der Waals surface area contributed by atoms with E-state index in [0.29, 0.717) is 11.0 Å². The average molecular weight is 296 g/mol. The molecule has 2 fully saturated rings. The first-order valence-electron chi connectivity index (χ1n) is 6.99. The molecule has 7 heteroatoms. The van der Waals surface area contributed by atoms with E-state index < -0.39 is 0 Å². The molecule has 3 rings (SSSR count). The number of nitrogens with one attached hydrogen (secondary N) is 1. The largest absolute Gasteiger partial charge is 0.343 e. The molecule has 2 saturated heterocycles. The summed E-state index contributed by atoms with van der Waals surface area (Å²) < 4.78 is 0. The lowest BCUT2D eigenvalue weighted by molar-refractivity contribution is -0.133. The molecule has 108 valence electrons. The first-order valence-corrected chi connectivity index (χ1v) is 7.37. The summed E-state index contributed by atoms with van der Waals surface area (Å²) in [5, 5.41) is 3.63. The molecular weight excluding hydrogens is 278 g/mol. The number of amides is 1. The summed E-state index contributed by atoms with van der Waals surface area (Å²) in [7, 11) is 0. The Labute approximate surface area is 123 Å². The van der Waals surface area contributed by atoms with Gasteiger partial charge in [0.05, 0.1) is 12.4 Å². The van der Waals surface area contributed by atoms with Crippen molar-refractivity contribution in [2.45, 2.75) is 18.9 Å². The Kier molecular flexibility index (Phi) is 4.03. The van der Waals surface area contributed by atoms with E-state index >= 15 is 0 Å². The normalized spacial score (nSPS) is 23.1. The van der Waals surface area contributed by atoms with Crippen molar-refractivity contribution in [3.8, 4) is 0 Å². The van der Waals surface area contributed by atoms with Crippen LogP contribution in [-0.4, -0.2) is 59.5 Å². The third-order valence-electron chi connectivity index (χ3n) is 3.85. The fraction of sp³-hybridized carbons (Fsp3) is 0.615. The maximum absolute atomic E-state index is 12.6. The quantitative estimate of drug-likeness (QED) is 0.862. The molecule has 1 unspecified atom stereocenters. The van der Waals surface area contributed by atoms with Gasteiger partial charge in [-0.05, 0) is 12.8 Å². The number of hydrogen-bond donors (Lipinski definition) is 1. The minimum absolute atomic E-state index is 0.124. The summed E-state index contributed by atoms with van der Waals surface area (Å²) in [5.41, 5.74) is 0. The van der Waals surface area contributed by atoms with Crippen molar-refractivity contribution in [1.82, 2.24) is 20.2 Å². The van der Waals surface area contributed by atoms with E-state index in [4.69, 9.17) is 11.6 Å². The Morgan fingerprint density at radius 3 is 2.85 bits per heavy atom. The average Bonchev–Trinajstić information content (AvgIpc) is 2.97. The van der Waals surface area contributed by atoms with Gasteiger partial charge in [-0.15, -0.1) is 0 Å². The molecule has 3 heterocycles. The first-order chi connectivity index (χ1) is 9.75. The first kappa shape index (κ1) is 13.6. The van der Waals surface area contributed by atoms with E-state index in [2.05, 4.69) is 15.3 Å². The third-order valence-corrected chi connectivity index (χ3v) is 4.04. The lowest BCUT2D eigenvalue weighted by atomic mass is 10.1. The van der Waals surface area contributed by atoms with Gasteiger partial charge in [0.1, 0.15) is 17.0 Å². The summed E-state index contributed by atoms with van der Waals surface area (Å²) in [4.78, 5) is 25.0. The van der Waals surface area contributed by atoms with Crippen molar-refractivity contribution in [1.29, 1.82) is 0 Å². The van der Waals surface area contributed by atoms with Crippen LogP contribution in [0.5, 0.6) is 0 Å². The predicted octanol–water partition coefficient (Wildman–Crippen LogP) is 0.531. The van der Waals surface area contributed by atoms with E-state index in [1.54, 1.807) is 6.20 Å². The molecule has 0 bridgehead atoms. The Bertz CT molecular complexity index is 491. The van der Waals surface area contributed by atoms with Gasteiger partial charge in [0.25, 0.3) is 0 Å². The van der Waals surface area contributed by atoms with E-state index in [-0.39, 0.29) is 11.9 Å². The van der Waals surface area contributed by atoms with Gasteiger partial charge in [0, 0.05) is 32.7 Å². The standard InChI is InChI=1S/C13H18ClN5O/c14-11-8-16-9-12(17-11)19-5-1-2-10(19)13(20)18-6-3-15-4-7-18/h8-10,15H,1-7H2. The minimum atomic E-state index is -0.124. The fourth-order valence-electron chi connectivity index (χ4n) is 2.86. The Morgan fingerprint density at radius 2 is 2.10 bits per heavy atom. The van der Waals surface area contributed by atoms with E-state index in [9.17, 15) is 4.79 Å². The number of halogens is 1. The van der Waals surface area contributed by atoms with E-state index in [1.807, 2.05) is 9.80 Å². The van der Waals surface area contributed by atoms with Gasteiger partial charge < -0.3 is 15.1 Å². The van der Waals surface area contributed by atoms with Gasteiger partial charge in [-0.3, -0.25) is 9.78 Å². The predicted molar refractivity (Wildman–Crippen MR) is 76.9 cm³/mol. The second-order valence-electron chi connectivity index (χ2n) is 5.13. The minimum Gasteiger partial charge on any atom is -0.343 e. The van der Waals surface area contributed by atoms with Crippen molar-refractivity contribution < 1.29 is 4.79 Å². The van der Waals surface area contributed by atoms with Crippen molar-refractivity contribution in [3.05, 3.63) is 17.5 Å². The van der Waals surface area contributed by atoms with Crippen molar-refractivity contribution in [3.63, 3.8) is 0 Å². The Hall–Kier alpha value is -1.40. The smallest absolute Gasteiger partial charge is 0.245 e. The molecule has 20 heavy (non-hydrogen) atoms. The van der Waals surface area contributed by atoms with Crippen LogP contribution in [-0.2, 0) is 4.79 Å². The summed E-state index contributed by atoms with van der Waals surface area (Å²) in [6, 6.07) is -0.124. The zero-order valence-electron chi connectivity index (χ0n) is 11.3. The number of rotatable bonds is 2.